The second-order valence-electron chi connectivity index (χ2n) is 28.0. The maximum absolute atomic E-state index is 2.45. The molecule has 0 unspecified atom stereocenters. The minimum atomic E-state index is 1.06. The van der Waals surface area contributed by atoms with Crippen molar-refractivity contribution in [3.63, 3.8) is 0 Å². The molecule has 5 heteroatoms. The van der Waals surface area contributed by atoms with E-state index < -0.39 is 0 Å². The van der Waals surface area contributed by atoms with Gasteiger partial charge in [-0.25, -0.2) is 0 Å². The topological polar surface area (TPSA) is 13.0 Å². The Morgan fingerprint density at radius 3 is 0.829 bits per heavy atom. The first-order chi connectivity index (χ1) is 55.1. The largest absolute Gasteiger partial charge is 0.310 e. The van der Waals surface area contributed by atoms with Crippen molar-refractivity contribution in [2.24, 2.45) is 0 Å². The summed E-state index contributed by atoms with van der Waals surface area (Å²) in [5.74, 6) is 0. The fourth-order valence-electron chi connectivity index (χ4n) is 16.1. The summed E-state index contributed by atoms with van der Waals surface area (Å²) < 4.78 is 2.57. The van der Waals surface area contributed by atoms with E-state index in [4.69, 9.17) is 0 Å². The second kappa shape index (κ2) is 30.1. The maximum atomic E-state index is 2.45. The smallest absolute Gasteiger partial charge is 0.0554 e. The Bertz CT molecular complexity index is 6600. The molecular formula is C106H74N4S. The van der Waals surface area contributed by atoms with Crippen LogP contribution < -0.4 is 19.6 Å². The van der Waals surface area contributed by atoms with Crippen molar-refractivity contribution in [2.75, 3.05) is 19.6 Å². The number of para-hydroxylation sites is 6. The van der Waals surface area contributed by atoms with Gasteiger partial charge in [-0.3, -0.25) is 0 Å². The highest BCUT2D eigenvalue weighted by atomic mass is 32.1. The van der Waals surface area contributed by atoms with E-state index in [1.807, 2.05) is 11.3 Å². The number of benzene rings is 19. The van der Waals surface area contributed by atoms with Crippen molar-refractivity contribution in [3.05, 3.63) is 449 Å². The van der Waals surface area contributed by atoms with Gasteiger partial charge in [0.1, 0.15) is 0 Å². The van der Waals surface area contributed by atoms with Crippen LogP contribution in [0.2, 0.25) is 0 Å². The molecule has 111 heavy (non-hydrogen) atoms. The highest BCUT2D eigenvalue weighted by Gasteiger charge is 2.25. The average Bonchev–Trinajstić information content (AvgIpc) is 1.74. The summed E-state index contributed by atoms with van der Waals surface area (Å²) in [4.78, 5) is 9.57. The van der Waals surface area contributed by atoms with Crippen molar-refractivity contribution < 1.29 is 0 Å². The Hall–Kier alpha value is -14.4. The van der Waals surface area contributed by atoms with Crippen molar-refractivity contribution in [1.29, 1.82) is 0 Å². The third-order valence-corrected chi connectivity index (χ3v) is 22.3. The summed E-state index contributed by atoms with van der Waals surface area (Å²) in [5.41, 5.74) is 22.6. The predicted molar refractivity (Wildman–Crippen MR) is 476 cm³/mol. The first-order valence-corrected chi connectivity index (χ1v) is 38.7. The standard InChI is InChI=1S/C56H40N2.C50H34N2S/c1-5-17-41(18-6-1)42-29-31-43(32-30-42)44-33-35-50(36-34-44)58(49-24-11-4-12-25-49)52-38-46(56-39-45-19-13-14-26-53(45)54-27-15-16-28-55(54)56)37-51(40-52)57(47-20-7-2-8-21-47)48-22-9-3-10-23-48;1-4-18-37(19-5-1)51(38-20-6-2-7-21-38)40-31-36(46-33-35-17-10-11-24-42(35)43-25-12-13-26-44(43)46)32-41(34-40)52(39-22-8-3-9-23-39)47-28-16-30-49-50(47)45-27-14-15-29-48(45)53-49/h1-40H;1-34H. The van der Waals surface area contributed by atoms with Gasteiger partial charge in [-0.15, -0.1) is 11.3 Å². The maximum Gasteiger partial charge on any atom is 0.0554 e. The predicted octanol–water partition coefficient (Wildman–Crippen LogP) is 30.9. The molecule has 0 spiro atoms. The van der Waals surface area contributed by atoms with Gasteiger partial charge in [-0.1, -0.05) is 297 Å². The SMILES string of the molecule is c1ccc(-c2ccc(-c3ccc(N(c4ccccc4)c4cc(-c5cc6ccccc6c6ccccc56)cc(N(c5ccccc5)c5ccccc5)c4)cc3)cc2)cc1.c1ccc(N(c2ccccc2)c2cc(-c3cc4ccccc4c4ccccc34)cc(N(c3ccccc3)c3cccc4sc5ccccc5c34)c2)cc1. The average molecular weight is 1440 g/mol. The molecule has 0 N–H and O–H groups in total. The van der Waals surface area contributed by atoms with Crippen LogP contribution in [0.1, 0.15) is 0 Å². The highest BCUT2D eigenvalue weighted by Crippen LogP contribution is 2.51. The van der Waals surface area contributed by atoms with E-state index in [0.717, 1.165) is 79.4 Å². The van der Waals surface area contributed by atoms with Crippen molar-refractivity contribution >= 4 is 143 Å². The van der Waals surface area contributed by atoms with Crippen LogP contribution in [0.4, 0.5) is 68.2 Å². The zero-order valence-electron chi connectivity index (χ0n) is 60.9. The Labute approximate surface area is 651 Å². The Balaban J connectivity index is 0.000000150. The zero-order valence-corrected chi connectivity index (χ0v) is 61.7. The molecule has 0 fully saturated rings. The van der Waals surface area contributed by atoms with Gasteiger partial charge < -0.3 is 19.6 Å². The Morgan fingerprint density at radius 2 is 0.432 bits per heavy atom. The molecule has 0 bridgehead atoms. The van der Waals surface area contributed by atoms with E-state index in [1.165, 1.54) is 96.6 Å². The van der Waals surface area contributed by atoms with Gasteiger partial charge in [0.05, 0.1) is 5.69 Å². The molecule has 1 aromatic heterocycles. The van der Waals surface area contributed by atoms with Crippen LogP contribution in [0.25, 0.3) is 108 Å². The molecule has 0 saturated heterocycles. The number of hydrogen-bond donors (Lipinski definition) is 0. The van der Waals surface area contributed by atoms with Crippen LogP contribution >= 0.6 is 11.3 Å². The summed E-state index contributed by atoms with van der Waals surface area (Å²) in [6.45, 7) is 0. The lowest BCUT2D eigenvalue weighted by Crippen LogP contribution is -2.13. The molecule has 0 aliphatic heterocycles. The molecule has 19 aromatic carbocycles. The van der Waals surface area contributed by atoms with Crippen LogP contribution in [-0.2, 0) is 0 Å². The van der Waals surface area contributed by atoms with E-state index >= 15 is 0 Å². The van der Waals surface area contributed by atoms with E-state index in [0.29, 0.717) is 0 Å². The monoisotopic (exact) mass is 1430 g/mol. The van der Waals surface area contributed by atoms with Crippen LogP contribution in [0.5, 0.6) is 0 Å². The van der Waals surface area contributed by atoms with Crippen LogP contribution in [0, 0.1) is 0 Å². The van der Waals surface area contributed by atoms with Gasteiger partial charge in [0.25, 0.3) is 0 Å². The second-order valence-corrected chi connectivity index (χ2v) is 29.0. The van der Waals surface area contributed by atoms with Gasteiger partial charge in [0.15, 0.2) is 0 Å². The number of hydrogen-bond acceptors (Lipinski definition) is 5. The van der Waals surface area contributed by atoms with E-state index in [9.17, 15) is 0 Å². The summed E-state index contributed by atoms with van der Waals surface area (Å²) >= 11 is 1.85. The van der Waals surface area contributed by atoms with Gasteiger partial charge in [-0.2, -0.15) is 0 Å². The molecule has 0 radical (unpaired) electrons. The highest BCUT2D eigenvalue weighted by molar-refractivity contribution is 7.26. The zero-order chi connectivity index (χ0) is 73.8. The number of thiophene rings is 1. The van der Waals surface area contributed by atoms with Crippen LogP contribution in [0.3, 0.4) is 0 Å². The van der Waals surface area contributed by atoms with Crippen molar-refractivity contribution in [1.82, 2.24) is 0 Å². The number of rotatable bonds is 16. The minimum Gasteiger partial charge on any atom is -0.310 e. The lowest BCUT2D eigenvalue weighted by Gasteiger charge is -2.31. The first-order valence-electron chi connectivity index (χ1n) is 37.9. The number of nitrogens with zero attached hydrogens (tertiary/aromatic N) is 4. The molecule has 20 rings (SSSR count). The molecule has 1 heterocycles. The molecular weight excluding hydrogens is 1360 g/mol. The molecule has 524 valence electrons. The Kier molecular flexibility index (Phi) is 18.3. The molecule has 0 amide bonds. The van der Waals surface area contributed by atoms with Gasteiger partial charge in [-0.05, 0) is 239 Å². The van der Waals surface area contributed by atoms with E-state index in [2.05, 4.69) is 469 Å². The quantitative estimate of drug-likeness (QED) is 0.0894. The van der Waals surface area contributed by atoms with Crippen LogP contribution in [-0.4, -0.2) is 0 Å². The fourth-order valence-corrected chi connectivity index (χ4v) is 17.2. The number of fused-ring (bicyclic) bond motifs is 9. The normalized spacial score (nSPS) is 11.2. The summed E-state index contributed by atoms with van der Waals surface area (Å²) in [6.07, 6.45) is 0. The van der Waals surface area contributed by atoms with E-state index in [-0.39, 0.29) is 0 Å². The lowest BCUT2D eigenvalue weighted by atomic mass is 9.92. The summed E-state index contributed by atoms with van der Waals surface area (Å²) in [7, 11) is 0. The molecule has 0 aliphatic rings. The Morgan fingerprint density at radius 1 is 0.153 bits per heavy atom. The van der Waals surface area contributed by atoms with Crippen molar-refractivity contribution in [3.8, 4) is 44.5 Å². The van der Waals surface area contributed by atoms with Gasteiger partial charge >= 0.3 is 0 Å². The molecule has 20 aromatic rings. The summed E-state index contributed by atoms with van der Waals surface area (Å²) in [6, 6.07) is 162. The van der Waals surface area contributed by atoms with Gasteiger partial charge in [0, 0.05) is 82.7 Å². The number of anilines is 12. The van der Waals surface area contributed by atoms with Crippen LogP contribution in [0.15, 0.2) is 449 Å². The molecule has 0 saturated carbocycles. The molecule has 4 nitrogen and oxygen atoms in total. The van der Waals surface area contributed by atoms with Gasteiger partial charge in [0.2, 0.25) is 0 Å². The third-order valence-electron chi connectivity index (χ3n) is 21.2. The fraction of sp³-hybridized carbons (Fsp3) is 0. The summed E-state index contributed by atoms with van der Waals surface area (Å²) in [5, 5.41) is 12.5. The molecule has 0 atom stereocenters. The minimum absolute atomic E-state index is 1.06. The lowest BCUT2D eigenvalue weighted by molar-refractivity contribution is 1.25. The third kappa shape index (κ3) is 13.3. The first kappa shape index (κ1) is 67.3. The van der Waals surface area contributed by atoms with Crippen molar-refractivity contribution in [2.45, 2.75) is 0 Å². The molecule has 0 aliphatic carbocycles. The van der Waals surface area contributed by atoms with E-state index in [1.54, 1.807) is 0 Å².